The zero-order chi connectivity index (χ0) is 26.3. The van der Waals surface area contributed by atoms with E-state index < -0.39 is 33.2 Å². The Morgan fingerprint density at radius 2 is 1.92 bits per heavy atom. The lowest BCUT2D eigenvalue weighted by Crippen LogP contribution is -2.39. The number of alkyl halides is 2. The van der Waals surface area contributed by atoms with Gasteiger partial charge in [0.25, 0.3) is 5.92 Å². The molecule has 0 unspecified atom stereocenters. The van der Waals surface area contributed by atoms with Crippen molar-refractivity contribution in [1.82, 2.24) is 19.5 Å². The molecular formula is C23H25ClF2N6O3S. The van der Waals surface area contributed by atoms with E-state index in [-0.39, 0.29) is 46.2 Å². The number of sulfonamides is 1. The van der Waals surface area contributed by atoms with Crippen LogP contribution in [0, 0.1) is 0 Å². The van der Waals surface area contributed by atoms with Crippen LogP contribution in [-0.2, 0) is 15.9 Å². The number of nitrogens with zero attached hydrogens (tertiary/aromatic N) is 3. The van der Waals surface area contributed by atoms with Crippen LogP contribution < -0.4 is 11.1 Å². The molecule has 3 aromatic rings. The molecule has 0 spiro atoms. The standard InChI is InChI=1S/C23H25ClF2N6O3S/c1-13(2)23(25,26)18-11-15(28-22-29-21(27)30-31-22)12-19(24)20(18)14-3-5-17(6-4-14)36(34,35)32-9-7-16(33)8-10-32/h3-6,11-12,16,33H,1,7-10H2,2H3,(H4,27,28,29,30,31). The first-order valence-electron chi connectivity index (χ1n) is 11.0. The largest absolute Gasteiger partial charge is 0.393 e. The summed E-state index contributed by atoms with van der Waals surface area (Å²) < 4.78 is 57.9. The lowest BCUT2D eigenvalue weighted by atomic mass is 9.92. The number of aliphatic hydroxyl groups excluding tert-OH is 1. The number of aromatic amines is 1. The first-order chi connectivity index (χ1) is 16.9. The molecule has 192 valence electrons. The Hall–Kier alpha value is -3.06. The molecule has 1 fully saturated rings. The number of benzene rings is 2. The minimum atomic E-state index is -3.80. The van der Waals surface area contributed by atoms with Crippen molar-refractivity contribution in [2.75, 3.05) is 24.1 Å². The highest BCUT2D eigenvalue weighted by Crippen LogP contribution is 2.45. The average molecular weight is 539 g/mol. The van der Waals surface area contributed by atoms with Crippen molar-refractivity contribution in [3.63, 3.8) is 0 Å². The van der Waals surface area contributed by atoms with Crippen LogP contribution in [0.1, 0.15) is 25.3 Å². The lowest BCUT2D eigenvalue weighted by Gasteiger charge is -2.28. The Morgan fingerprint density at radius 1 is 1.28 bits per heavy atom. The molecule has 9 nitrogen and oxygen atoms in total. The van der Waals surface area contributed by atoms with E-state index in [2.05, 4.69) is 27.1 Å². The quantitative estimate of drug-likeness (QED) is 0.330. The smallest absolute Gasteiger partial charge is 0.294 e. The fourth-order valence-electron chi connectivity index (χ4n) is 3.93. The van der Waals surface area contributed by atoms with Gasteiger partial charge in [0.1, 0.15) is 0 Å². The maximum Gasteiger partial charge on any atom is 0.294 e. The van der Waals surface area contributed by atoms with E-state index in [1.807, 2.05) is 0 Å². The summed E-state index contributed by atoms with van der Waals surface area (Å²) in [6.45, 7) is 5.04. The third kappa shape index (κ3) is 5.07. The molecule has 0 atom stereocenters. The van der Waals surface area contributed by atoms with Gasteiger partial charge in [-0.05, 0) is 55.2 Å². The number of nitrogens with one attached hydrogen (secondary N) is 2. The Kier molecular flexibility index (Phi) is 7.06. The third-order valence-corrected chi connectivity index (χ3v) is 8.14. The molecule has 0 bridgehead atoms. The Morgan fingerprint density at radius 3 is 2.47 bits per heavy atom. The van der Waals surface area contributed by atoms with Gasteiger partial charge in [-0.1, -0.05) is 30.3 Å². The van der Waals surface area contributed by atoms with Crippen LogP contribution >= 0.6 is 11.6 Å². The van der Waals surface area contributed by atoms with Crippen LogP contribution in [0.15, 0.2) is 53.4 Å². The summed E-state index contributed by atoms with van der Waals surface area (Å²) in [5, 5.41) is 18.7. The summed E-state index contributed by atoms with van der Waals surface area (Å²) in [5.74, 6) is -3.34. The number of nitrogens with two attached hydrogens (primary N) is 1. The van der Waals surface area contributed by atoms with Gasteiger partial charge in [0.05, 0.1) is 16.0 Å². The van der Waals surface area contributed by atoms with Crippen molar-refractivity contribution in [2.24, 2.45) is 0 Å². The molecule has 4 rings (SSSR count). The van der Waals surface area contributed by atoms with Crippen molar-refractivity contribution in [3.8, 4) is 11.1 Å². The second-order valence-electron chi connectivity index (χ2n) is 8.56. The van der Waals surface area contributed by atoms with Gasteiger partial charge in [-0.2, -0.15) is 18.1 Å². The first kappa shape index (κ1) is 26.0. The second kappa shape index (κ2) is 9.77. The van der Waals surface area contributed by atoms with Crippen molar-refractivity contribution >= 4 is 39.2 Å². The highest BCUT2D eigenvalue weighted by Gasteiger charge is 2.37. The number of nitrogen functional groups attached to an aromatic ring is 1. The molecule has 1 saturated heterocycles. The molecule has 0 radical (unpaired) electrons. The number of hydrogen-bond acceptors (Lipinski definition) is 7. The Balaban J connectivity index is 1.73. The predicted octanol–water partition coefficient (Wildman–Crippen LogP) is 4.26. The summed E-state index contributed by atoms with van der Waals surface area (Å²) in [7, 11) is -3.80. The first-order valence-corrected chi connectivity index (χ1v) is 12.8. The number of hydrogen-bond donors (Lipinski definition) is 4. The minimum Gasteiger partial charge on any atom is -0.393 e. The Bertz CT molecular complexity index is 1390. The number of aromatic nitrogens is 3. The molecule has 36 heavy (non-hydrogen) atoms. The van der Waals surface area contributed by atoms with E-state index in [4.69, 9.17) is 17.3 Å². The number of H-pyrrole nitrogens is 1. The van der Waals surface area contributed by atoms with Gasteiger partial charge in [-0.25, -0.2) is 13.5 Å². The number of rotatable bonds is 7. The zero-order valence-electron chi connectivity index (χ0n) is 19.3. The van der Waals surface area contributed by atoms with Gasteiger partial charge in [-0.3, -0.25) is 0 Å². The Labute approximate surface area is 212 Å². The van der Waals surface area contributed by atoms with Gasteiger partial charge in [-0.15, -0.1) is 5.10 Å². The molecular weight excluding hydrogens is 514 g/mol. The molecule has 0 saturated carbocycles. The van der Waals surface area contributed by atoms with E-state index in [1.54, 1.807) is 0 Å². The van der Waals surface area contributed by atoms with Crippen LogP contribution in [-0.4, -0.2) is 52.2 Å². The molecule has 13 heteroatoms. The summed E-state index contributed by atoms with van der Waals surface area (Å²) >= 11 is 6.49. The summed E-state index contributed by atoms with van der Waals surface area (Å²) in [4.78, 5) is 3.92. The molecule has 5 N–H and O–H groups in total. The van der Waals surface area contributed by atoms with E-state index in [1.165, 1.54) is 47.6 Å². The maximum atomic E-state index is 15.3. The number of halogens is 3. The van der Waals surface area contributed by atoms with Crippen molar-refractivity contribution in [2.45, 2.75) is 36.7 Å². The van der Waals surface area contributed by atoms with E-state index in [9.17, 15) is 13.5 Å². The van der Waals surface area contributed by atoms with Crippen LogP contribution in [0.25, 0.3) is 11.1 Å². The summed E-state index contributed by atoms with van der Waals surface area (Å²) in [6, 6.07) is 8.24. The van der Waals surface area contributed by atoms with E-state index in [0.717, 1.165) is 0 Å². The fourth-order valence-corrected chi connectivity index (χ4v) is 5.73. The van der Waals surface area contributed by atoms with Gasteiger partial charge < -0.3 is 16.2 Å². The van der Waals surface area contributed by atoms with Crippen molar-refractivity contribution < 1.29 is 22.3 Å². The predicted molar refractivity (Wildman–Crippen MR) is 134 cm³/mol. The maximum absolute atomic E-state index is 15.3. The number of anilines is 3. The van der Waals surface area contributed by atoms with Crippen molar-refractivity contribution in [3.05, 3.63) is 59.1 Å². The van der Waals surface area contributed by atoms with Crippen molar-refractivity contribution in [1.29, 1.82) is 0 Å². The SMILES string of the molecule is C=C(C)C(F)(F)c1cc(Nc2n[nH]c(N)n2)cc(Cl)c1-c1ccc(S(=O)(=O)N2CCC(O)CC2)cc1. The van der Waals surface area contributed by atoms with Gasteiger partial charge in [0.2, 0.25) is 21.9 Å². The van der Waals surface area contributed by atoms with E-state index >= 15 is 8.78 Å². The monoisotopic (exact) mass is 538 g/mol. The van der Waals surface area contributed by atoms with Gasteiger partial charge in [0, 0.05) is 29.9 Å². The molecule has 0 aliphatic carbocycles. The third-order valence-electron chi connectivity index (χ3n) is 5.93. The number of piperidine rings is 1. The summed E-state index contributed by atoms with van der Waals surface area (Å²) in [6.07, 6.45) is 0.188. The van der Waals surface area contributed by atoms with Crippen LogP contribution in [0.3, 0.4) is 0 Å². The molecule has 2 aromatic carbocycles. The van der Waals surface area contributed by atoms with Crippen LogP contribution in [0.5, 0.6) is 0 Å². The number of allylic oxidation sites excluding steroid dienone is 1. The van der Waals surface area contributed by atoms with Crippen LogP contribution in [0.4, 0.5) is 26.4 Å². The molecule has 1 aromatic heterocycles. The fraction of sp³-hybridized carbons (Fsp3) is 0.304. The molecule has 0 amide bonds. The normalized spacial score (nSPS) is 15.7. The minimum absolute atomic E-state index is 0.0000536. The van der Waals surface area contributed by atoms with Gasteiger partial charge >= 0.3 is 0 Å². The topological polar surface area (TPSA) is 137 Å². The lowest BCUT2D eigenvalue weighted by molar-refractivity contribution is 0.0392. The highest BCUT2D eigenvalue weighted by atomic mass is 35.5. The zero-order valence-corrected chi connectivity index (χ0v) is 20.9. The molecule has 1 aliphatic rings. The average Bonchev–Trinajstić information content (AvgIpc) is 3.23. The molecule has 2 heterocycles. The second-order valence-corrected chi connectivity index (χ2v) is 10.9. The number of aliphatic hydroxyl groups is 1. The molecule has 1 aliphatic heterocycles. The van der Waals surface area contributed by atoms with E-state index in [0.29, 0.717) is 18.4 Å². The highest BCUT2D eigenvalue weighted by molar-refractivity contribution is 7.89. The summed E-state index contributed by atoms with van der Waals surface area (Å²) in [5.41, 5.74) is 5.23. The van der Waals surface area contributed by atoms with Gasteiger partial charge in [0.15, 0.2) is 0 Å². The van der Waals surface area contributed by atoms with Crippen LogP contribution in [0.2, 0.25) is 5.02 Å².